The van der Waals surface area contributed by atoms with Gasteiger partial charge in [0.15, 0.2) is 5.12 Å². The second-order valence-corrected chi connectivity index (χ2v) is 9.73. The van der Waals surface area contributed by atoms with Gasteiger partial charge in [0.2, 0.25) is 0 Å². The molecule has 7 heteroatoms. The minimum Gasteiger partial charge on any atom is -0.396 e. The lowest BCUT2D eigenvalue weighted by atomic mass is 9.93. The van der Waals surface area contributed by atoms with Gasteiger partial charge < -0.3 is 25.4 Å². The number of fused-ring (bicyclic) bond motifs is 1. The monoisotopic (exact) mass is 511 g/mol. The summed E-state index contributed by atoms with van der Waals surface area (Å²) >= 11 is 3.77. The average Bonchev–Trinajstić information content (AvgIpc) is 3.36. The van der Waals surface area contributed by atoms with E-state index >= 15 is 0 Å². The molecular formula is C28H49NO5S. The summed E-state index contributed by atoms with van der Waals surface area (Å²) in [5.74, 6) is 0. The largest absolute Gasteiger partial charge is 0.396 e. The third kappa shape index (κ3) is 17.7. The number of hydrogen-bond acceptors (Lipinski definition) is 5. The van der Waals surface area contributed by atoms with E-state index < -0.39 is 31.8 Å². The van der Waals surface area contributed by atoms with Crippen molar-refractivity contribution in [3.8, 4) is 0 Å². The summed E-state index contributed by atoms with van der Waals surface area (Å²) in [5.41, 5.74) is 0.0949. The molecule has 0 aliphatic heterocycles. The van der Waals surface area contributed by atoms with E-state index in [1.807, 2.05) is 18.3 Å². The van der Waals surface area contributed by atoms with E-state index in [-0.39, 0.29) is 5.12 Å². The highest BCUT2D eigenvalue weighted by Crippen LogP contribution is 2.13. The third-order valence-electron chi connectivity index (χ3n) is 6.05. The van der Waals surface area contributed by atoms with Gasteiger partial charge in [-0.25, -0.2) is 0 Å². The molecule has 0 atom stereocenters. The SMILES string of the molecule is CCCCCCCCCCCCCCC(=O)S.OCC(CO)(CO)CO.c1ccc2[nH]ccc2c1. The Morgan fingerprint density at radius 2 is 1.20 bits per heavy atom. The van der Waals surface area contributed by atoms with Crippen LogP contribution in [0, 0.1) is 5.41 Å². The van der Waals surface area contributed by atoms with Crippen LogP contribution >= 0.6 is 12.6 Å². The van der Waals surface area contributed by atoms with Crippen LogP contribution in [0.2, 0.25) is 0 Å². The highest BCUT2D eigenvalue weighted by atomic mass is 32.1. The van der Waals surface area contributed by atoms with Gasteiger partial charge in [-0.3, -0.25) is 4.79 Å². The van der Waals surface area contributed by atoms with Crippen LogP contribution < -0.4 is 0 Å². The van der Waals surface area contributed by atoms with Crippen LogP contribution in [0.3, 0.4) is 0 Å². The molecule has 0 saturated carbocycles. The predicted octanol–water partition coefficient (Wildman–Crippen LogP) is 5.64. The van der Waals surface area contributed by atoms with Crippen molar-refractivity contribution in [2.24, 2.45) is 5.41 Å². The Kier molecular flexibility index (Phi) is 22.1. The van der Waals surface area contributed by atoms with Gasteiger partial charge in [0.05, 0.1) is 31.8 Å². The Bertz CT molecular complexity index is 685. The standard InChI is InChI=1S/C15H30OS.C8H7N.C5H12O4/c1-2-3-4-5-6-7-8-9-10-11-12-13-14-15(16)17;1-2-4-8-7(3-1)5-6-9-8;6-1-5(2-7,3-8)4-9/h2-14H2,1H3,(H,16,17);1-6,9H;6-9H,1-4H2. The smallest absolute Gasteiger partial charge is 0.185 e. The molecule has 2 rings (SSSR count). The molecule has 35 heavy (non-hydrogen) atoms. The highest BCUT2D eigenvalue weighted by molar-refractivity contribution is 7.96. The number of thiol groups is 1. The van der Waals surface area contributed by atoms with Crippen LogP contribution in [0.5, 0.6) is 0 Å². The second kappa shape index (κ2) is 23.0. The summed E-state index contributed by atoms with van der Waals surface area (Å²) in [6.45, 7) is 0.640. The quantitative estimate of drug-likeness (QED) is 0.121. The van der Waals surface area contributed by atoms with Gasteiger partial charge in [0.25, 0.3) is 0 Å². The molecule has 0 bridgehead atoms. The van der Waals surface area contributed by atoms with E-state index in [0.29, 0.717) is 6.42 Å². The van der Waals surface area contributed by atoms with Crippen LogP contribution in [0.1, 0.15) is 90.4 Å². The lowest BCUT2D eigenvalue weighted by molar-refractivity contribution is -0.110. The molecule has 0 unspecified atom stereocenters. The zero-order chi connectivity index (χ0) is 26.2. The number of aliphatic hydroxyl groups excluding tert-OH is 4. The first kappa shape index (κ1) is 33.6. The molecule has 0 fully saturated rings. The van der Waals surface area contributed by atoms with E-state index in [9.17, 15) is 4.79 Å². The van der Waals surface area contributed by atoms with Gasteiger partial charge in [-0.1, -0.05) is 95.8 Å². The minimum atomic E-state index is -1.11. The predicted molar refractivity (Wildman–Crippen MR) is 149 cm³/mol. The summed E-state index contributed by atoms with van der Waals surface area (Å²) < 4.78 is 0. The molecule has 0 amide bonds. The van der Waals surface area contributed by atoms with Crippen LogP contribution in [0.4, 0.5) is 0 Å². The number of unbranched alkanes of at least 4 members (excludes halogenated alkanes) is 11. The number of carbonyl (C=O) groups excluding carboxylic acids is 1. The highest BCUT2D eigenvalue weighted by Gasteiger charge is 2.26. The number of para-hydroxylation sites is 1. The number of aromatic amines is 1. The molecule has 2 aromatic rings. The first-order chi connectivity index (χ1) is 17.0. The van der Waals surface area contributed by atoms with Crippen molar-refractivity contribution in [2.45, 2.75) is 90.4 Å². The molecule has 0 spiro atoms. The zero-order valence-electron chi connectivity index (χ0n) is 21.6. The van der Waals surface area contributed by atoms with Crippen LogP contribution in [0.15, 0.2) is 36.5 Å². The number of H-pyrrole nitrogens is 1. The van der Waals surface area contributed by atoms with Crippen molar-refractivity contribution >= 4 is 28.6 Å². The van der Waals surface area contributed by atoms with Gasteiger partial charge >= 0.3 is 0 Å². The Morgan fingerprint density at radius 3 is 1.60 bits per heavy atom. The molecule has 1 aromatic heterocycles. The summed E-state index contributed by atoms with van der Waals surface area (Å²) in [7, 11) is 0. The molecular weight excluding hydrogens is 462 g/mol. The van der Waals surface area contributed by atoms with E-state index in [1.165, 1.54) is 81.5 Å². The van der Waals surface area contributed by atoms with Crippen molar-refractivity contribution < 1.29 is 25.2 Å². The zero-order valence-corrected chi connectivity index (χ0v) is 22.5. The van der Waals surface area contributed by atoms with Crippen molar-refractivity contribution in [3.63, 3.8) is 0 Å². The first-order valence-corrected chi connectivity index (χ1v) is 13.6. The van der Waals surface area contributed by atoms with E-state index in [4.69, 9.17) is 20.4 Å². The van der Waals surface area contributed by atoms with E-state index in [2.05, 4.69) is 42.7 Å². The molecule has 5 N–H and O–H groups in total. The lowest BCUT2D eigenvalue weighted by Gasteiger charge is -2.23. The number of nitrogens with one attached hydrogen (secondary N) is 1. The normalized spacial score (nSPS) is 10.9. The second-order valence-electron chi connectivity index (χ2n) is 9.23. The third-order valence-corrected chi connectivity index (χ3v) is 6.27. The molecule has 0 saturated heterocycles. The number of aromatic nitrogens is 1. The molecule has 0 aliphatic rings. The number of hydrogen-bond donors (Lipinski definition) is 6. The fourth-order valence-electron chi connectivity index (χ4n) is 3.41. The summed E-state index contributed by atoms with van der Waals surface area (Å²) in [5, 5.41) is 35.3. The minimum absolute atomic E-state index is 0.0390. The summed E-state index contributed by atoms with van der Waals surface area (Å²) in [6.07, 6.45) is 18.7. The maximum atomic E-state index is 10.6. The Morgan fingerprint density at radius 1 is 0.743 bits per heavy atom. The van der Waals surface area contributed by atoms with Crippen molar-refractivity contribution in [2.75, 3.05) is 26.4 Å². The van der Waals surface area contributed by atoms with Crippen LogP contribution in [0.25, 0.3) is 10.9 Å². The van der Waals surface area contributed by atoms with Crippen molar-refractivity contribution in [3.05, 3.63) is 36.5 Å². The number of carbonyl (C=O) groups is 1. The summed E-state index contributed by atoms with van der Waals surface area (Å²) in [4.78, 5) is 13.7. The van der Waals surface area contributed by atoms with Gasteiger partial charge in [0.1, 0.15) is 0 Å². The molecule has 1 heterocycles. The van der Waals surface area contributed by atoms with Crippen LogP contribution in [-0.4, -0.2) is 57.0 Å². The maximum absolute atomic E-state index is 10.6. The topological polar surface area (TPSA) is 114 Å². The molecule has 0 radical (unpaired) electrons. The Labute approximate surface area is 217 Å². The molecule has 0 aliphatic carbocycles. The number of rotatable bonds is 17. The fraction of sp³-hybridized carbons (Fsp3) is 0.679. The molecule has 202 valence electrons. The Balaban J connectivity index is 0.000000538. The van der Waals surface area contributed by atoms with Crippen molar-refractivity contribution in [1.29, 1.82) is 0 Å². The molecule has 6 nitrogen and oxygen atoms in total. The van der Waals surface area contributed by atoms with E-state index in [1.54, 1.807) is 0 Å². The van der Waals surface area contributed by atoms with Gasteiger partial charge in [0, 0.05) is 18.1 Å². The van der Waals surface area contributed by atoms with E-state index in [0.717, 1.165) is 6.42 Å². The fourth-order valence-corrected chi connectivity index (χ4v) is 3.57. The number of aliphatic hydroxyl groups is 4. The van der Waals surface area contributed by atoms with Gasteiger partial charge in [-0.15, -0.1) is 12.6 Å². The Hall–Kier alpha value is -1.38. The maximum Gasteiger partial charge on any atom is 0.185 e. The van der Waals surface area contributed by atoms with Gasteiger partial charge in [-0.05, 0) is 23.9 Å². The van der Waals surface area contributed by atoms with Crippen molar-refractivity contribution in [1.82, 2.24) is 4.98 Å². The average molecular weight is 512 g/mol. The molecule has 1 aromatic carbocycles. The van der Waals surface area contributed by atoms with Gasteiger partial charge in [-0.2, -0.15) is 0 Å². The van der Waals surface area contributed by atoms with Crippen LogP contribution in [-0.2, 0) is 4.79 Å². The first-order valence-electron chi connectivity index (χ1n) is 13.2. The number of benzene rings is 1. The lowest BCUT2D eigenvalue weighted by Crippen LogP contribution is -2.37. The summed E-state index contributed by atoms with van der Waals surface area (Å²) in [6, 6.07) is 10.3.